The molecule has 1 N–H and O–H groups in total. The highest BCUT2D eigenvalue weighted by molar-refractivity contribution is 8.69. The summed E-state index contributed by atoms with van der Waals surface area (Å²) in [7, 11) is -3.23. The first-order valence-corrected chi connectivity index (χ1v) is 10.6. The largest absolute Gasteiger partial charge is 0.319 e. The van der Waals surface area contributed by atoms with E-state index >= 15 is 0 Å². The van der Waals surface area contributed by atoms with Gasteiger partial charge in [-0.25, -0.2) is 0 Å². The van der Waals surface area contributed by atoms with Crippen LogP contribution in [-0.4, -0.2) is 25.3 Å². The van der Waals surface area contributed by atoms with Crippen molar-refractivity contribution < 1.29 is 13.0 Å². The molecular formula is C13H27N3O3S2. The second-order valence-corrected chi connectivity index (χ2v) is 8.56. The molecule has 0 aliphatic carbocycles. The highest BCUT2D eigenvalue weighted by atomic mass is 33.1. The second kappa shape index (κ2) is 14.5. The van der Waals surface area contributed by atoms with Crippen LogP contribution < -0.4 is 0 Å². The normalized spacial score (nSPS) is 11.3. The fraction of sp³-hybridized carbons (Fsp3) is 1.00. The van der Waals surface area contributed by atoms with Gasteiger partial charge < -0.3 is 0 Å². The van der Waals surface area contributed by atoms with Crippen molar-refractivity contribution in [2.75, 3.05) is 12.3 Å². The summed E-state index contributed by atoms with van der Waals surface area (Å²) >= 11 is 0. The second-order valence-electron chi connectivity index (χ2n) is 5.09. The molecule has 8 heteroatoms. The van der Waals surface area contributed by atoms with Crippen molar-refractivity contribution in [3.63, 3.8) is 0 Å². The summed E-state index contributed by atoms with van der Waals surface area (Å²) in [6.07, 6.45) is 12.6. The Morgan fingerprint density at radius 3 is 1.71 bits per heavy atom. The van der Waals surface area contributed by atoms with Crippen LogP contribution in [0.4, 0.5) is 0 Å². The molecule has 0 aromatic carbocycles. The minimum absolute atomic E-state index is 0.481. The van der Waals surface area contributed by atoms with Crippen LogP contribution >= 0.6 is 10.8 Å². The molecule has 0 radical (unpaired) electrons. The number of hydrogen-bond donors (Lipinski definition) is 1. The monoisotopic (exact) mass is 337 g/mol. The first-order chi connectivity index (χ1) is 10.1. The number of azide groups is 1. The van der Waals surface area contributed by atoms with Gasteiger partial charge in [-0.15, -0.1) is 0 Å². The molecule has 6 nitrogen and oxygen atoms in total. The Morgan fingerprint density at radius 1 is 0.857 bits per heavy atom. The van der Waals surface area contributed by atoms with E-state index in [1.54, 1.807) is 0 Å². The maximum absolute atomic E-state index is 10.5. The van der Waals surface area contributed by atoms with Crippen molar-refractivity contribution in [3.8, 4) is 0 Å². The first-order valence-electron chi connectivity index (χ1n) is 7.69. The molecule has 0 spiro atoms. The lowest BCUT2D eigenvalue weighted by atomic mass is 10.1. The summed E-state index contributed by atoms with van der Waals surface area (Å²) in [4.78, 5) is 2.72. The van der Waals surface area contributed by atoms with Crippen LogP contribution in [0.3, 0.4) is 0 Å². The van der Waals surface area contributed by atoms with Gasteiger partial charge in [-0.2, -0.15) is 8.42 Å². The van der Waals surface area contributed by atoms with Gasteiger partial charge in [0.15, 0.2) is 0 Å². The molecule has 0 aromatic heterocycles. The average molecular weight is 338 g/mol. The molecule has 21 heavy (non-hydrogen) atoms. The van der Waals surface area contributed by atoms with Crippen molar-refractivity contribution >= 4 is 19.9 Å². The van der Waals surface area contributed by atoms with Gasteiger partial charge >= 0.3 is 9.15 Å². The van der Waals surface area contributed by atoms with Crippen molar-refractivity contribution in [3.05, 3.63) is 10.4 Å². The topological polar surface area (TPSA) is 103 Å². The van der Waals surface area contributed by atoms with Crippen LogP contribution in [0.25, 0.3) is 10.4 Å². The van der Waals surface area contributed by atoms with Gasteiger partial charge in [-0.3, -0.25) is 4.55 Å². The summed E-state index contributed by atoms with van der Waals surface area (Å²) in [6, 6.07) is 0. The maximum Gasteiger partial charge on any atom is 0.319 e. The number of rotatable bonds is 15. The molecule has 0 atom stereocenters. The fourth-order valence-electron chi connectivity index (χ4n) is 2.08. The molecule has 0 fully saturated rings. The Balaban J connectivity index is 3.07. The molecule has 124 valence electrons. The quantitative estimate of drug-likeness (QED) is 0.112. The average Bonchev–Trinajstić information content (AvgIpc) is 2.42. The number of nitrogens with zero attached hydrogens (tertiary/aromatic N) is 3. The Labute approximate surface area is 131 Å². The smallest absolute Gasteiger partial charge is 0.277 e. The lowest BCUT2D eigenvalue weighted by Gasteiger charge is -2.02. The summed E-state index contributed by atoms with van der Waals surface area (Å²) in [5.74, 6) is 0.481. The maximum atomic E-state index is 10.5. The molecule has 0 bridgehead atoms. The van der Waals surface area contributed by atoms with Gasteiger partial charge in [-0.1, -0.05) is 62.9 Å². The number of hydrogen-bond acceptors (Lipinski definition) is 4. The SMILES string of the molecule is [N-]=[N+]=NCCCCCCCCCCCCCSS(=O)(=O)O. The fourth-order valence-corrected chi connectivity index (χ4v) is 3.60. The van der Waals surface area contributed by atoms with Gasteiger partial charge in [0.1, 0.15) is 0 Å². The van der Waals surface area contributed by atoms with E-state index in [1.807, 2.05) is 0 Å². The Bertz CT molecular complexity index is 382. The molecule has 0 unspecified atom stereocenters. The van der Waals surface area contributed by atoms with Crippen LogP contribution in [0.1, 0.15) is 70.6 Å². The number of unbranched alkanes of at least 4 members (excludes halogenated alkanes) is 10. The van der Waals surface area contributed by atoms with Crippen molar-refractivity contribution in [2.45, 2.75) is 70.6 Å². The Hall–Kier alpha value is -0.430. The van der Waals surface area contributed by atoms with Gasteiger partial charge in [0.2, 0.25) is 0 Å². The zero-order valence-electron chi connectivity index (χ0n) is 12.6. The minimum atomic E-state index is -3.85. The van der Waals surface area contributed by atoms with Crippen LogP contribution in [0.5, 0.6) is 0 Å². The Morgan fingerprint density at radius 2 is 1.29 bits per heavy atom. The van der Waals surface area contributed by atoms with E-state index in [0.717, 1.165) is 32.1 Å². The third-order valence-corrected chi connectivity index (χ3v) is 5.34. The molecule has 0 amide bonds. The van der Waals surface area contributed by atoms with E-state index in [1.165, 1.54) is 38.5 Å². The van der Waals surface area contributed by atoms with Crippen molar-refractivity contribution in [2.24, 2.45) is 5.11 Å². The molecule has 0 aliphatic rings. The van der Waals surface area contributed by atoms with E-state index in [-0.39, 0.29) is 0 Å². The third-order valence-electron chi connectivity index (χ3n) is 3.20. The molecule has 0 aromatic rings. The van der Waals surface area contributed by atoms with Gasteiger partial charge in [0.05, 0.1) is 0 Å². The van der Waals surface area contributed by atoms with Crippen LogP contribution in [0.2, 0.25) is 0 Å². The van der Waals surface area contributed by atoms with Gasteiger partial charge in [-0.05, 0) is 29.2 Å². The highest BCUT2D eigenvalue weighted by Gasteiger charge is 2.03. The van der Waals surface area contributed by atoms with E-state index in [9.17, 15) is 8.42 Å². The van der Waals surface area contributed by atoms with Gasteiger partial charge in [0, 0.05) is 17.2 Å². The Kier molecular flexibility index (Phi) is 14.2. The predicted molar refractivity (Wildman–Crippen MR) is 88.8 cm³/mol. The van der Waals surface area contributed by atoms with Crippen molar-refractivity contribution in [1.29, 1.82) is 0 Å². The molecule has 0 saturated heterocycles. The lowest BCUT2D eigenvalue weighted by Crippen LogP contribution is -1.92. The van der Waals surface area contributed by atoms with Crippen molar-refractivity contribution in [1.82, 2.24) is 0 Å². The summed E-state index contributed by atoms with van der Waals surface area (Å²) in [5, 5.41) is 3.51. The molecule has 0 saturated carbocycles. The molecule has 0 heterocycles. The van der Waals surface area contributed by atoms with Crippen LogP contribution in [0, 0.1) is 0 Å². The molecular weight excluding hydrogens is 310 g/mol. The zero-order chi connectivity index (χ0) is 15.8. The van der Waals surface area contributed by atoms with Gasteiger partial charge in [0.25, 0.3) is 0 Å². The zero-order valence-corrected chi connectivity index (χ0v) is 14.2. The molecule has 0 aliphatic heterocycles. The standard InChI is InChI=1S/C13H27N3O3S2/c14-16-15-12-10-8-6-4-2-1-3-5-7-9-11-13-20-21(17,18)19/h1-13H2,(H,17,18,19). The third kappa shape index (κ3) is 19.6. The first kappa shape index (κ1) is 20.6. The highest BCUT2D eigenvalue weighted by Crippen LogP contribution is 2.15. The lowest BCUT2D eigenvalue weighted by molar-refractivity contribution is 0.503. The van der Waals surface area contributed by atoms with E-state index in [2.05, 4.69) is 10.0 Å². The van der Waals surface area contributed by atoms with E-state index in [0.29, 0.717) is 23.1 Å². The summed E-state index contributed by atoms with van der Waals surface area (Å²) in [6.45, 7) is 0.617. The van der Waals surface area contributed by atoms with E-state index < -0.39 is 9.15 Å². The molecule has 0 rings (SSSR count). The predicted octanol–water partition coefficient (Wildman–Crippen LogP) is 5.12. The van der Waals surface area contributed by atoms with E-state index in [4.69, 9.17) is 10.1 Å². The van der Waals surface area contributed by atoms with Crippen LogP contribution in [-0.2, 0) is 9.15 Å². The van der Waals surface area contributed by atoms with Crippen LogP contribution in [0.15, 0.2) is 5.11 Å². The summed E-state index contributed by atoms with van der Waals surface area (Å²) in [5.41, 5.74) is 8.11. The summed E-state index contributed by atoms with van der Waals surface area (Å²) < 4.78 is 29.5. The minimum Gasteiger partial charge on any atom is -0.277 e.